The third-order valence-electron chi connectivity index (χ3n) is 5.78. The lowest BCUT2D eigenvalue weighted by Crippen LogP contribution is -2.34. The number of hydrogen-bond acceptors (Lipinski definition) is 2. The Bertz CT molecular complexity index is 991. The molecule has 0 bridgehead atoms. The highest BCUT2D eigenvalue weighted by Crippen LogP contribution is 2.40. The van der Waals surface area contributed by atoms with Crippen LogP contribution >= 0.6 is 23.2 Å². The van der Waals surface area contributed by atoms with E-state index in [9.17, 15) is 27.9 Å². The summed E-state index contributed by atoms with van der Waals surface area (Å²) in [6.07, 6.45) is -2.65. The molecule has 2 N–H and O–H groups in total. The average molecular weight is 488 g/mol. The molecule has 1 unspecified atom stereocenters. The highest BCUT2D eigenvalue weighted by atomic mass is 35.5. The Kier molecular flexibility index (Phi) is 7.40. The van der Waals surface area contributed by atoms with E-state index >= 15 is 0 Å². The summed E-state index contributed by atoms with van der Waals surface area (Å²) in [6.45, 7) is 0.948. The van der Waals surface area contributed by atoms with Crippen LogP contribution in [-0.4, -0.2) is 23.2 Å². The number of amides is 1. The Morgan fingerprint density at radius 2 is 1.75 bits per heavy atom. The van der Waals surface area contributed by atoms with Gasteiger partial charge in [-0.3, -0.25) is 9.59 Å². The maximum atomic E-state index is 13.5. The number of halogens is 5. The molecule has 0 aromatic heterocycles. The van der Waals surface area contributed by atoms with Crippen LogP contribution in [0.5, 0.6) is 0 Å². The lowest BCUT2D eigenvalue weighted by atomic mass is 9.85. The van der Waals surface area contributed by atoms with Gasteiger partial charge in [-0.15, -0.1) is 0 Å². The predicted octanol–water partition coefficient (Wildman–Crippen LogP) is 6.57. The maximum absolute atomic E-state index is 13.5. The number of carboxylic acid groups (broad SMARTS) is 1. The molecule has 4 nitrogen and oxygen atoms in total. The van der Waals surface area contributed by atoms with Crippen LogP contribution in [0.4, 0.5) is 18.9 Å². The van der Waals surface area contributed by atoms with Gasteiger partial charge in [-0.25, -0.2) is 0 Å². The van der Waals surface area contributed by atoms with Gasteiger partial charge in [0, 0.05) is 5.02 Å². The number of nitrogens with one attached hydrogen (secondary N) is 1. The third-order valence-corrected chi connectivity index (χ3v) is 6.36. The molecule has 1 aliphatic carbocycles. The lowest BCUT2D eigenvalue weighted by Gasteiger charge is -2.26. The van der Waals surface area contributed by atoms with Gasteiger partial charge in [-0.05, 0) is 60.6 Å². The number of carbonyl (C=O) groups excluding carboxylic acids is 1. The lowest BCUT2D eigenvalue weighted by molar-refractivity contribution is -0.178. The second-order valence-corrected chi connectivity index (χ2v) is 8.99. The van der Waals surface area contributed by atoms with E-state index in [-0.39, 0.29) is 28.6 Å². The average Bonchev–Trinajstić information content (AvgIpc) is 3.54. The Morgan fingerprint density at radius 3 is 2.28 bits per heavy atom. The van der Waals surface area contributed by atoms with Crippen LogP contribution in [0.1, 0.15) is 36.8 Å². The summed E-state index contributed by atoms with van der Waals surface area (Å²) in [4.78, 5) is 24.5. The molecule has 3 rings (SSSR count). The SMILES string of the molecule is C[C@H]([C@H](C(=O)Nc1cc(CC(C(=O)O)C2CC2)ccc1Cl)c1ccc(Cl)cc1)C(F)(F)F. The van der Waals surface area contributed by atoms with Crippen molar-refractivity contribution in [3.05, 3.63) is 63.6 Å². The molecular formula is C23H22Cl2F3NO3. The first-order chi connectivity index (χ1) is 15.0. The van der Waals surface area contributed by atoms with Crippen LogP contribution in [0.25, 0.3) is 0 Å². The molecule has 1 saturated carbocycles. The van der Waals surface area contributed by atoms with Gasteiger partial charge in [-0.1, -0.05) is 48.3 Å². The van der Waals surface area contributed by atoms with Crippen LogP contribution in [0.3, 0.4) is 0 Å². The van der Waals surface area contributed by atoms with Crippen molar-refractivity contribution < 1.29 is 27.9 Å². The molecule has 32 heavy (non-hydrogen) atoms. The minimum Gasteiger partial charge on any atom is -0.481 e. The summed E-state index contributed by atoms with van der Waals surface area (Å²) in [5, 5.41) is 12.5. The molecule has 1 amide bonds. The van der Waals surface area contributed by atoms with E-state index in [1.54, 1.807) is 6.07 Å². The van der Waals surface area contributed by atoms with Crippen molar-refractivity contribution in [3.8, 4) is 0 Å². The van der Waals surface area contributed by atoms with Crippen molar-refractivity contribution in [3.63, 3.8) is 0 Å². The Morgan fingerprint density at radius 1 is 1.12 bits per heavy atom. The minimum atomic E-state index is -4.60. The molecule has 0 saturated heterocycles. The van der Waals surface area contributed by atoms with E-state index in [1.807, 2.05) is 0 Å². The minimum absolute atomic E-state index is 0.114. The Hall–Kier alpha value is -2.25. The predicted molar refractivity (Wildman–Crippen MR) is 117 cm³/mol. The molecular weight excluding hydrogens is 466 g/mol. The third kappa shape index (κ3) is 5.95. The second kappa shape index (κ2) is 9.71. The zero-order valence-corrected chi connectivity index (χ0v) is 18.6. The van der Waals surface area contributed by atoms with Gasteiger partial charge < -0.3 is 10.4 Å². The molecule has 0 aliphatic heterocycles. The van der Waals surface area contributed by atoms with E-state index in [1.165, 1.54) is 36.4 Å². The molecule has 2 aromatic rings. The number of alkyl halides is 3. The Balaban J connectivity index is 1.86. The van der Waals surface area contributed by atoms with Crippen LogP contribution in [0.2, 0.25) is 10.0 Å². The van der Waals surface area contributed by atoms with Crippen molar-refractivity contribution in [2.45, 2.75) is 38.3 Å². The number of hydrogen-bond donors (Lipinski definition) is 2. The summed E-state index contributed by atoms with van der Waals surface area (Å²) < 4.78 is 40.6. The van der Waals surface area contributed by atoms with Crippen molar-refractivity contribution in [1.82, 2.24) is 0 Å². The first-order valence-corrected chi connectivity index (χ1v) is 10.9. The fourth-order valence-corrected chi connectivity index (χ4v) is 4.03. The normalized spacial score (nSPS) is 16.8. The monoisotopic (exact) mass is 487 g/mol. The number of carbonyl (C=O) groups is 2. The summed E-state index contributed by atoms with van der Waals surface area (Å²) in [6, 6.07) is 10.3. The van der Waals surface area contributed by atoms with Crippen molar-refractivity contribution in [2.24, 2.45) is 17.8 Å². The molecule has 9 heteroatoms. The van der Waals surface area contributed by atoms with E-state index < -0.39 is 35.8 Å². The number of carboxylic acids is 1. The van der Waals surface area contributed by atoms with Gasteiger partial charge in [-0.2, -0.15) is 13.2 Å². The number of benzene rings is 2. The van der Waals surface area contributed by atoms with E-state index in [2.05, 4.69) is 5.32 Å². The van der Waals surface area contributed by atoms with Gasteiger partial charge in [0.25, 0.3) is 0 Å². The van der Waals surface area contributed by atoms with Gasteiger partial charge in [0.1, 0.15) is 0 Å². The maximum Gasteiger partial charge on any atom is 0.392 e. The van der Waals surface area contributed by atoms with Crippen LogP contribution < -0.4 is 5.32 Å². The van der Waals surface area contributed by atoms with Crippen molar-refractivity contribution >= 4 is 40.8 Å². The van der Waals surface area contributed by atoms with E-state index in [0.29, 0.717) is 10.6 Å². The molecule has 2 aromatic carbocycles. The largest absolute Gasteiger partial charge is 0.481 e. The first-order valence-electron chi connectivity index (χ1n) is 10.1. The van der Waals surface area contributed by atoms with E-state index in [0.717, 1.165) is 19.8 Å². The number of aliphatic carboxylic acids is 1. The molecule has 1 aliphatic rings. The highest BCUT2D eigenvalue weighted by Gasteiger charge is 2.45. The summed E-state index contributed by atoms with van der Waals surface area (Å²) >= 11 is 12.0. The molecule has 0 spiro atoms. The van der Waals surface area contributed by atoms with Gasteiger partial charge in [0.05, 0.1) is 28.5 Å². The highest BCUT2D eigenvalue weighted by molar-refractivity contribution is 6.33. The number of anilines is 1. The van der Waals surface area contributed by atoms with Crippen LogP contribution in [0, 0.1) is 17.8 Å². The van der Waals surface area contributed by atoms with Crippen molar-refractivity contribution in [2.75, 3.05) is 5.32 Å². The fourth-order valence-electron chi connectivity index (χ4n) is 3.74. The standard InChI is InChI=1S/C23H22Cl2F3NO3/c1-12(23(26,27)28)20(15-5-7-16(24)8-6-15)21(30)29-19-11-13(2-9-18(19)25)10-17(22(31)32)14-3-4-14/h2,5-9,11-12,14,17,20H,3-4,10H2,1H3,(H,29,30)(H,31,32)/t12-,17?,20+/m1/s1. The van der Waals surface area contributed by atoms with Crippen LogP contribution in [-0.2, 0) is 16.0 Å². The topological polar surface area (TPSA) is 66.4 Å². The molecule has 1 fully saturated rings. The molecule has 3 atom stereocenters. The smallest absolute Gasteiger partial charge is 0.392 e. The molecule has 0 heterocycles. The van der Waals surface area contributed by atoms with Gasteiger partial charge >= 0.3 is 12.1 Å². The number of rotatable bonds is 8. The molecule has 172 valence electrons. The van der Waals surface area contributed by atoms with Crippen molar-refractivity contribution in [1.29, 1.82) is 0 Å². The zero-order chi connectivity index (χ0) is 23.6. The van der Waals surface area contributed by atoms with Gasteiger partial charge in [0.2, 0.25) is 5.91 Å². The zero-order valence-electron chi connectivity index (χ0n) is 17.1. The summed E-state index contributed by atoms with van der Waals surface area (Å²) in [5.41, 5.74) is 0.946. The summed E-state index contributed by atoms with van der Waals surface area (Å²) in [7, 11) is 0. The fraction of sp³-hybridized carbons (Fsp3) is 0.391. The van der Waals surface area contributed by atoms with Gasteiger partial charge in [0.15, 0.2) is 0 Å². The summed E-state index contributed by atoms with van der Waals surface area (Å²) in [5.74, 6) is -5.68. The quantitative estimate of drug-likeness (QED) is 0.442. The van der Waals surface area contributed by atoms with Crippen LogP contribution in [0.15, 0.2) is 42.5 Å². The Labute approximate surface area is 193 Å². The molecule has 0 radical (unpaired) electrons. The second-order valence-electron chi connectivity index (χ2n) is 8.15. The van der Waals surface area contributed by atoms with E-state index in [4.69, 9.17) is 23.2 Å². The first kappa shape index (κ1) is 24.4.